The van der Waals surface area contributed by atoms with E-state index >= 15 is 0 Å². The maximum absolute atomic E-state index is 6.33. The van der Waals surface area contributed by atoms with Gasteiger partial charge in [-0.1, -0.05) is 20.8 Å². The number of piperidine rings is 1. The second-order valence-electron chi connectivity index (χ2n) is 6.18. The normalized spacial score (nSPS) is 17.9. The number of rotatable bonds is 4. The molecule has 0 bridgehead atoms. The number of anilines is 2. The van der Waals surface area contributed by atoms with Crippen molar-refractivity contribution in [2.45, 2.75) is 45.6 Å². The SMILES string of the molecule is CCN1CCC(N(C)c2c(N)c(C(C)C)nn2C)CC1. The number of aromatic nitrogens is 2. The second-order valence-corrected chi connectivity index (χ2v) is 6.18. The molecule has 5 nitrogen and oxygen atoms in total. The van der Waals surface area contributed by atoms with Crippen LogP contribution in [0.5, 0.6) is 0 Å². The fraction of sp³-hybridized carbons (Fsp3) is 0.800. The van der Waals surface area contributed by atoms with E-state index < -0.39 is 0 Å². The lowest BCUT2D eigenvalue weighted by molar-refractivity contribution is 0.220. The molecular weight excluding hydrogens is 250 g/mol. The molecule has 1 aliphatic rings. The van der Waals surface area contributed by atoms with E-state index in [4.69, 9.17) is 5.73 Å². The van der Waals surface area contributed by atoms with E-state index in [9.17, 15) is 0 Å². The van der Waals surface area contributed by atoms with E-state index in [0.717, 1.165) is 23.7 Å². The highest BCUT2D eigenvalue weighted by atomic mass is 15.4. The summed E-state index contributed by atoms with van der Waals surface area (Å²) in [6.07, 6.45) is 2.40. The number of nitrogen functional groups attached to an aromatic ring is 1. The first-order chi connectivity index (χ1) is 9.45. The lowest BCUT2D eigenvalue weighted by Gasteiger charge is -2.37. The Labute approximate surface area is 122 Å². The van der Waals surface area contributed by atoms with Crippen LogP contribution in [0.15, 0.2) is 0 Å². The van der Waals surface area contributed by atoms with Crippen molar-refractivity contribution in [2.24, 2.45) is 7.05 Å². The van der Waals surface area contributed by atoms with Crippen molar-refractivity contribution in [1.82, 2.24) is 14.7 Å². The molecule has 1 aliphatic heterocycles. The van der Waals surface area contributed by atoms with Gasteiger partial charge in [-0.15, -0.1) is 0 Å². The van der Waals surface area contributed by atoms with Gasteiger partial charge in [0.15, 0.2) is 0 Å². The summed E-state index contributed by atoms with van der Waals surface area (Å²) in [5, 5.41) is 4.60. The van der Waals surface area contributed by atoms with E-state index in [-0.39, 0.29) is 0 Å². The standard InChI is InChI=1S/C15H29N5/c1-6-20-9-7-12(8-10-20)18(4)15-13(16)14(11(2)3)17-19(15)5/h11-12H,6-10,16H2,1-5H3. The number of aryl methyl sites for hydroxylation is 1. The summed E-state index contributed by atoms with van der Waals surface area (Å²) in [6.45, 7) is 10.0. The zero-order valence-corrected chi connectivity index (χ0v) is 13.6. The van der Waals surface area contributed by atoms with E-state index in [1.165, 1.54) is 25.9 Å². The van der Waals surface area contributed by atoms with Gasteiger partial charge in [-0.2, -0.15) is 5.10 Å². The van der Waals surface area contributed by atoms with Crippen LogP contribution in [0.2, 0.25) is 0 Å². The van der Waals surface area contributed by atoms with Crippen LogP contribution >= 0.6 is 0 Å². The van der Waals surface area contributed by atoms with Crippen LogP contribution in [0.3, 0.4) is 0 Å². The summed E-state index contributed by atoms with van der Waals surface area (Å²) in [6, 6.07) is 0.565. The van der Waals surface area contributed by atoms with Gasteiger partial charge < -0.3 is 15.5 Å². The Hall–Kier alpha value is -1.23. The predicted molar refractivity (Wildman–Crippen MR) is 85.2 cm³/mol. The third-order valence-corrected chi connectivity index (χ3v) is 4.51. The lowest BCUT2D eigenvalue weighted by atomic mass is 10.0. The van der Waals surface area contributed by atoms with Crippen molar-refractivity contribution in [2.75, 3.05) is 37.3 Å². The van der Waals surface area contributed by atoms with Gasteiger partial charge in [0.1, 0.15) is 5.82 Å². The number of hydrogen-bond acceptors (Lipinski definition) is 4. The van der Waals surface area contributed by atoms with E-state index in [2.05, 4.69) is 42.7 Å². The van der Waals surface area contributed by atoms with Crippen molar-refractivity contribution in [1.29, 1.82) is 0 Å². The zero-order chi connectivity index (χ0) is 14.9. The van der Waals surface area contributed by atoms with Gasteiger partial charge in [-0.3, -0.25) is 4.68 Å². The molecule has 0 spiro atoms. The average Bonchev–Trinajstić information content (AvgIpc) is 2.73. The average molecular weight is 279 g/mol. The minimum atomic E-state index is 0.366. The Balaban J connectivity index is 2.15. The molecule has 0 aliphatic carbocycles. The molecule has 1 fully saturated rings. The Bertz CT molecular complexity index is 443. The zero-order valence-electron chi connectivity index (χ0n) is 13.6. The number of nitrogens with two attached hydrogens (primary N) is 1. The van der Waals surface area contributed by atoms with Gasteiger partial charge in [-0.05, 0) is 25.3 Å². The first kappa shape index (κ1) is 15.2. The fourth-order valence-corrected chi connectivity index (χ4v) is 3.19. The Morgan fingerprint density at radius 3 is 2.40 bits per heavy atom. The van der Waals surface area contributed by atoms with Crippen molar-refractivity contribution in [3.05, 3.63) is 5.69 Å². The first-order valence-electron chi connectivity index (χ1n) is 7.73. The molecular formula is C15H29N5. The summed E-state index contributed by atoms with van der Waals surface area (Å²) in [5.74, 6) is 1.44. The molecule has 0 amide bonds. The molecule has 0 aromatic carbocycles. The number of hydrogen-bond donors (Lipinski definition) is 1. The van der Waals surface area contributed by atoms with Crippen molar-refractivity contribution in [3.63, 3.8) is 0 Å². The molecule has 114 valence electrons. The van der Waals surface area contributed by atoms with Gasteiger partial charge in [0.25, 0.3) is 0 Å². The summed E-state index contributed by atoms with van der Waals surface area (Å²) in [4.78, 5) is 4.84. The van der Waals surface area contributed by atoms with Crippen molar-refractivity contribution < 1.29 is 0 Å². The lowest BCUT2D eigenvalue weighted by Crippen LogP contribution is -2.44. The van der Waals surface area contributed by atoms with Crippen molar-refractivity contribution >= 4 is 11.5 Å². The molecule has 0 saturated carbocycles. The summed E-state index contributed by atoms with van der Waals surface area (Å²) >= 11 is 0. The van der Waals surface area contributed by atoms with E-state index in [1.54, 1.807) is 0 Å². The fourth-order valence-electron chi connectivity index (χ4n) is 3.19. The predicted octanol–water partition coefficient (Wildman–Crippen LogP) is 2.05. The monoisotopic (exact) mass is 279 g/mol. The molecule has 1 aromatic heterocycles. The molecule has 1 saturated heterocycles. The van der Waals surface area contributed by atoms with Gasteiger partial charge >= 0.3 is 0 Å². The first-order valence-corrected chi connectivity index (χ1v) is 7.73. The maximum atomic E-state index is 6.33. The van der Waals surface area contributed by atoms with Crippen LogP contribution in [-0.2, 0) is 7.05 Å². The smallest absolute Gasteiger partial charge is 0.150 e. The third-order valence-electron chi connectivity index (χ3n) is 4.51. The Morgan fingerprint density at radius 2 is 1.95 bits per heavy atom. The summed E-state index contributed by atoms with van der Waals surface area (Å²) < 4.78 is 1.94. The largest absolute Gasteiger partial charge is 0.394 e. The van der Waals surface area contributed by atoms with Crippen LogP contribution in [0.25, 0.3) is 0 Å². The quantitative estimate of drug-likeness (QED) is 0.916. The van der Waals surface area contributed by atoms with Gasteiger partial charge in [0, 0.05) is 33.2 Å². The molecule has 0 radical (unpaired) electrons. The van der Waals surface area contributed by atoms with Gasteiger partial charge in [0.2, 0.25) is 0 Å². The molecule has 5 heteroatoms. The van der Waals surface area contributed by atoms with E-state index in [0.29, 0.717) is 12.0 Å². The van der Waals surface area contributed by atoms with Crippen LogP contribution in [0, 0.1) is 0 Å². The highest BCUT2D eigenvalue weighted by Crippen LogP contribution is 2.32. The maximum Gasteiger partial charge on any atom is 0.150 e. The van der Waals surface area contributed by atoms with Crippen LogP contribution in [-0.4, -0.2) is 47.4 Å². The highest BCUT2D eigenvalue weighted by molar-refractivity contribution is 5.67. The number of nitrogens with zero attached hydrogens (tertiary/aromatic N) is 4. The van der Waals surface area contributed by atoms with Gasteiger partial charge in [0.05, 0.1) is 11.4 Å². The summed E-state index contributed by atoms with van der Waals surface area (Å²) in [7, 11) is 4.15. The molecule has 2 heterocycles. The Morgan fingerprint density at radius 1 is 1.35 bits per heavy atom. The van der Waals surface area contributed by atoms with Crippen LogP contribution in [0.1, 0.15) is 45.2 Å². The highest BCUT2D eigenvalue weighted by Gasteiger charge is 2.26. The van der Waals surface area contributed by atoms with Crippen molar-refractivity contribution in [3.8, 4) is 0 Å². The third kappa shape index (κ3) is 2.77. The molecule has 0 atom stereocenters. The number of likely N-dealkylation sites (tertiary alicyclic amines) is 1. The molecule has 0 unspecified atom stereocenters. The van der Waals surface area contributed by atoms with E-state index in [1.807, 2.05) is 11.7 Å². The molecule has 1 aromatic rings. The minimum absolute atomic E-state index is 0.366. The molecule has 2 rings (SSSR count). The Kier molecular flexibility index (Phi) is 4.58. The molecule has 2 N–H and O–H groups in total. The minimum Gasteiger partial charge on any atom is -0.394 e. The topological polar surface area (TPSA) is 50.3 Å². The van der Waals surface area contributed by atoms with Crippen LogP contribution < -0.4 is 10.6 Å². The molecule has 20 heavy (non-hydrogen) atoms. The van der Waals surface area contributed by atoms with Crippen LogP contribution in [0.4, 0.5) is 11.5 Å². The second kappa shape index (κ2) is 6.04. The summed E-state index contributed by atoms with van der Waals surface area (Å²) in [5.41, 5.74) is 8.19. The van der Waals surface area contributed by atoms with Gasteiger partial charge in [-0.25, -0.2) is 0 Å².